The molecule has 0 aliphatic carbocycles. The van der Waals surface area contributed by atoms with E-state index in [4.69, 9.17) is 4.42 Å². The molecule has 130 valence electrons. The van der Waals surface area contributed by atoms with Gasteiger partial charge >= 0.3 is 0 Å². The standard InChI is InChI=1S/C19H15N3O2S2/c1-12-14(20-18(24-12)16-8-5-9-25-16)10-17(23)22-19-21-15(11-26-19)13-6-3-2-4-7-13/h2-9,11H,10H2,1H3,(H,21,22,23). The first kappa shape index (κ1) is 16.7. The Labute approximate surface area is 158 Å². The first-order valence-electron chi connectivity index (χ1n) is 8.00. The average Bonchev–Trinajstić information content (AvgIpc) is 3.38. The highest BCUT2D eigenvalue weighted by molar-refractivity contribution is 7.14. The Morgan fingerprint density at radius 3 is 2.73 bits per heavy atom. The van der Waals surface area contributed by atoms with E-state index in [0.717, 1.165) is 16.1 Å². The lowest BCUT2D eigenvalue weighted by molar-refractivity contribution is -0.115. The minimum atomic E-state index is -0.159. The lowest BCUT2D eigenvalue weighted by Crippen LogP contribution is -2.15. The summed E-state index contributed by atoms with van der Waals surface area (Å²) in [5, 5.41) is 7.32. The molecular weight excluding hydrogens is 366 g/mol. The molecule has 1 N–H and O–H groups in total. The quantitative estimate of drug-likeness (QED) is 0.527. The molecule has 4 aromatic rings. The van der Waals surface area contributed by atoms with Crippen LogP contribution in [0.1, 0.15) is 11.5 Å². The van der Waals surface area contributed by atoms with Gasteiger partial charge in [0.15, 0.2) is 5.13 Å². The molecule has 0 fully saturated rings. The third-order valence-electron chi connectivity index (χ3n) is 3.77. The maximum Gasteiger partial charge on any atom is 0.236 e. The van der Waals surface area contributed by atoms with Crippen molar-refractivity contribution < 1.29 is 9.21 Å². The van der Waals surface area contributed by atoms with Crippen molar-refractivity contribution >= 4 is 33.7 Å². The van der Waals surface area contributed by atoms with E-state index in [9.17, 15) is 4.79 Å². The summed E-state index contributed by atoms with van der Waals surface area (Å²) in [7, 11) is 0. The van der Waals surface area contributed by atoms with E-state index in [0.29, 0.717) is 22.5 Å². The molecule has 0 aliphatic rings. The largest absolute Gasteiger partial charge is 0.440 e. The van der Waals surface area contributed by atoms with Crippen molar-refractivity contribution in [2.45, 2.75) is 13.3 Å². The second-order valence-electron chi connectivity index (χ2n) is 5.63. The highest BCUT2D eigenvalue weighted by Crippen LogP contribution is 2.27. The predicted molar refractivity (Wildman–Crippen MR) is 104 cm³/mol. The van der Waals surface area contributed by atoms with Gasteiger partial charge in [0.25, 0.3) is 0 Å². The van der Waals surface area contributed by atoms with Gasteiger partial charge in [0.1, 0.15) is 5.76 Å². The molecule has 3 heterocycles. The second kappa shape index (κ2) is 7.23. The molecule has 1 amide bonds. The number of hydrogen-bond donors (Lipinski definition) is 1. The fraction of sp³-hybridized carbons (Fsp3) is 0.105. The van der Waals surface area contributed by atoms with Crippen LogP contribution in [0, 0.1) is 6.92 Å². The molecule has 0 atom stereocenters. The summed E-state index contributed by atoms with van der Waals surface area (Å²) in [5.41, 5.74) is 2.52. The van der Waals surface area contributed by atoms with Crippen LogP contribution in [0.5, 0.6) is 0 Å². The number of benzene rings is 1. The molecule has 5 nitrogen and oxygen atoms in total. The molecule has 0 radical (unpaired) electrons. The van der Waals surface area contributed by atoms with Crippen LogP contribution in [-0.2, 0) is 11.2 Å². The van der Waals surface area contributed by atoms with Crippen LogP contribution in [0.2, 0.25) is 0 Å². The molecule has 4 rings (SSSR count). The number of carbonyl (C=O) groups excluding carboxylic acids is 1. The van der Waals surface area contributed by atoms with Gasteiger partial charge in [0.2, 0.25) is 11.8 Å². The summed E-state index contributed by atoms with van der Waals surface area (Å²) in [6.07, 6.45) is 0.154. The third-order valence-corrected chi connectivity index (χ3v) is 5.39. The summed E-state index contributed by atoms with van der Waals surface area (Å²) in [4.78, 5) is 22.2. The minimum Gasteiger partial charge on any atom is -0.440 e. The molecule has 3 aromatic heterocycles. The predicted octanol–water partition coefficient (Wildman–Crippen LogP) is 5.02. The van der Waals surface area contributed by atoms with E-state index in [1.807, 2.05) is 60.1 Å². The summed E-state index contributed by atoms with van der Waals surface area (Å²) in [6.45, 7) is 1.82. The van der Waals surface area contributed by atoms with Crippen LogP contribution >= 0.6 is 22.7 Å². The van der Waals surface area contributed by atoms with Crippen molar-refractivity contribution in [1.29, 1.82) is 0 Å². The minimum absolute atomic E-state index is 0.154. The molecule has 0 bridgehead atoms. The first-order chi connectivity index (χ1) is 12.7. The highest BCUT2D eigenvalue weighted by Gasteiger charge is 2.16. The zero-order chi connectivity index (χ0) is 17.9. The normalized spacial score (nSPS) is 10.8. The van der Waals surface area contributed by atoms with Crippen LogP contribution in [0.15, 0.2) is 57.6 Å². The number of anilines is 1. The molecule has 0 spiro atoms. The van der Waals surface area contributed by atoms with Gasteiger partial charge in [-0.1, -0.05) is 36.4 Å². The van der Waals surface area contributed by atoms with E-state index in [-0.39, 0.29) is 12.3 Å². The van der Waals surface area contributed by atoms with Crippen LogP contribution in [0.25, 0.3) is 22.0 Å². The summed E-state index contributed by atoms with van der Waals surface area (Å²) in [6, 6.07) is 13.8. The number of aryl methyl sites for hydroxylation is 1. The van der Waals surface area contributed by atoms with Gasteiger partial charge in [-0.05, 0) is 18.4 Å². The number of thiophene rings is 1. The Morgan fingerprint density at radius 2 is 1.96 bits per heavy atom. The van der Waals surface area contributed by atoms with Gasteiger partial charge in [-0.25, -0.2) is 9.97 Å². The van der Waals surface area contributed by atoms with E-state index in [1.54, 1.807) is 11.3 Å². The maximum atomic E-state index is 12.4. The Morgan fingerprint density at radius 1 is 1.12 bits per heavy atom. The van der Waals surface area contributed by atoms with E-state index in [1.165, 1.54) is 11.3 Å². The lowest BCUT2D eigenvalue weighted by atomic mass is 10.2. The number of oxazole rings is 1. The number of carbonyl (C=O) groups is 1. The molecular formula is C19H15N3O2S2. The fourth-order valence-corrected chi connectivity index (χ4v) is 3.87. The number of hydrogen-bond acceptors (Lipinski definition) is 6. The van der Waals surface area contributed by atoms with Crippen LogP contribution in [-0.4, -0.2) is 15.9 Å². The number of nitrogens with one attached hydrogen (secondary N) is 1. The van der Waals surface area contributed by atoms with Crippen molar-refractivity contribution in [3.8, 4) is 22.0 Å². The molecule has 7 heteroatoms. The molecule has 0 unspecified atom stereocenters. The van der Waals surface area contributed by atoms with Gasteiger partial charge in [-0.15, -0.1) is 22.7 Å². The summed E-state index contributed by atoms with van der Waals surface area (Å²) >= 11 is 2.96. The molecule has 0 saturated carbocycles. The maximum absolute atomic E-state index is 12.4. The van der Waals surface area contributed by atoms with Crippen molar-refractivity contribution in [1.82, 2.24) is 9.97 Å². The topological polar surface area (TPSA) is 68.0 Å². The smallest absolute Gasteiger partial charge is 0.236 e. The number of nitrogens with zero attached hydrogens (tertiary/aromatic N) is 2. The third kappa shape index (κ3) is 3.58. The number of aromatic nitrogens is 2. The van der Waals surface area contributed by atoms with Gasteiger partial charge < -0.3 is 9.73 Å². The Hall–Kier alpha value is -2.77. The van der Waals surface area contributed by atoms with Gasteiger partial charge in [0.05, 0.1) is 22.7 Å². The number of amides is 1. The second-order valence-corrected chi connectivity index (χ2v) is 7.43. The summed E-state index contributed by atoms with van der Waals surface area (Å²) in [5.74, 6) is 1.06. The van der Waals surface area contributed by atoms with Crippen molar-refractivity contribution in [3.63, 3.8) is 0 Å². The Balaban J connectivity index is 1.44. The number of thiazole rings is 1. The Kier molecular flexibility index (Phi) is 4.64. The SMILES string of the molecule is Cc1oc(-c2cccs2)nc1CC(=O)Nc1nc(-c2ccccc2)cs1. The zero-order valence-electron chi connectivity index (χ0n) is 13.9. The Bertz CT molecular complexity index is 1020. The molecule has 0 aliphatic heterocycles. The van der Waals surface area contributed by atoms with Crippen molar-refractivity contribution in [2.24, 2.45) is 0 Å². The van der Waals surface area contributed by atoms with E-state index >= 15 is 0 Å². The highest BCUT2D eigenvalue weighted by atomic mass is 32.1. The molecule has 26 heavy (non-hydrogen) atoms. The van der Waals surface area contributed by atoms with Crippen LogP contribution in [0.4, 0.5) is 5.13 Å². The first-order valence-corrected chi connectivity index (χ1v) is 9.76. The molecule has 0 saturated heterocycles. The van der Waals surface area contributed by atoms with Gasteiger partial charge in [-0.2, -0.15) is 0 Å². The van der Waals surface area contributed by atoms with Crippen LogP contribution < -0.4 is 5.32 Å². The van der Waals surface area contributed by atoms with E-state index in [2.05, 4.69) is 15.3 Å². The zero-order valence-corrected chi connectivity index (χ0v) is 15.6. The van der Waals surface area contributed by atoms with Crippen LogP contribution in [0.3, 0.4) is 0 Å². The average molecular weight is 381 g/mol. The van der Waals surface area contributed by atoms with Crippen molar-refractivity contribution in [3.05, 3.63) is 64.7 Å². The van der Waals surface area contributed by atoms with Gasteiger partial charge in [0, 0.05) is 10.9 Å². The van der Waals surface area contributed by atoms with Crippen molar-refractivity contribution in [2.75, 3.05) is 5.32 Å². The fourth-order valence-electron chi connectivity index (χ4n) is 2.49. The lowest BCUT2D eigenvalue weighted by Gasteiger charge is -2.00. The van der Waals surface area contributed by atoms with Gasteiger partial charge in [-0.3, -0.25) is 4.79 Å². The number of rotatable bonds is 5. The summed E-state index contributed by atoms with van der Waals surface area (Å²) < 4.78 is 5.68. The molecule has 1 aromatic carbocycles. The monoisotopic (exact) mass is 381 g/mol. The van der Waals surface area contributed by atoms with E-state index < -0.39 is 0 Å².